The van der Waals surface area contributed by atoms with Gasteiger partial charge in [-0.2, -0.15) is 0 Å². The number of hydrogen-bond donors (Lipinski definition) is 1. The minimum atomic E-state index is -0.498. The van der Waals surface area contributed by atoms with Crippen LogP contribution in [-0.2, 0) is 9.53 Å². The number of benzene rings is 1. The molecule has 5 nitrogen and oxygen atoms in total. The molecule has 2 atom stereocenters. The summed E-state index contributed by atoms with van der Waals surface area (Å²) in [6.07, 6.45) is -0.331. The molecule has 1 heterocycles. The lowest BCUT2D eigenvalue weighted by Crippen LogP contribution is -2.50. The fourth-order valence-electron chi connectivity index (χ4n) is 2.36. The molecule has 1 saturated heterocycles. The molecule has 1 aromatic rings. The number of rotatable bonds is 5. The Kier molecular flexibility index (Phi) is 5.63. The van der Waals surface area contributed by atoms with Gasteiger partial charge in [0.2, 0.25) is 0 Å². The van der Waals surface area contributed by atoms with Crippen molar-refractivity contribution in [3.05, 3.63) is 35.6 Å². The second-order valence-electron chi connectivity index (χ2n) is 5.67. The van der Waals surface area contributed by atoms with Gasteiger partial charge in [0, 0.05) is 31.1 Å². The topological polar surface area (TPSA) is 58.6 Å². The normalized spacial score (nSPS) is 20.4. The van der Waals surface area contributed by atoms with E-state index in [1.165, 1.54) is 24.3 Å². The highest BCUT2D eigenvalue weighted by molar-refractivity contribution is 5.96. The Morgan fingerprint density at radius 1 is 1.41 bits per heavy atom. The van der Waals surface area contributed by atoms with Gasteiger partial charge in [0.15, 0.2) is 5.78 Å². The fourth-order valence-corrected chi connectivity index (χ4v) is 2.36. The standard InChI is InChI=1S/C16H21FN2O3/c1-11(9-14(20)12-3-5-13(17)6-4-12)18-16(21)15-10-19(2)7-8-22-15/h3-6,11,15H,7-10H2,1-2H3,(H,18,21). The Bertz CT molecular complexity index is 533. The predicted molar refractivity (Wildman–Crippen MR) is 80.2 cm³/mol. The van der Waals surface area contributed by atoms with Crippen LogP contribution in [0.25, 0.3) is 0 Å². The summed E-state index contributed by atoms with van der Waals surface area (Å²) in [6.45, 7) is 3.65. The van der Waals surface area contributed by atoms with Gasteiger partial charge in [0.05, 0.1) is 6.61 Å². The van der Waals surface area contributed by atoms with Crippen molar-refractivity contribution in [2.24, 2.45) is 0 Å². The van der Waals surface area contributed by atoms with Crippen molar-refractivity contribution in [1.82, 2.24) is 10.2 Å². The van der Waals surface area contributed by atoms with Crippen LogP contribution in [0, 0.1) is 5.82 Å². The van der Waals surface area contributed by atoms with Crippen molar-refractivity contribution in [3.63, 3.8) is 0 Å². The van der Waals surface area contributed by atoms with E-state index in [4.69, 9.17) is 4.74 Å². The summed E-state index contributed by atoms with van der Waals surface area (Å²) in [5.74, 6) is -0.711. The highest BCUT2D eigenvalue weighted by atomic mass is 19.1. The summed E-state index contributed by atoms with van der Waals surface area (Å²) in [5.41, 5.74) is 0.441. The van der Waals surface area contributed by atoms with Gasteiger partial charge in [-0.15, -0.1) is 0 Å². The van der Waals surface area contributed by atoms with Crippen LogP contribution in [0.2, 0.25) is 0 Å². The van der Waals surface area contributed by atoms with Crippen LogP contribution in [0.1, 0.15) is 23.7 Å². The number of nitrogens with one attached hydrogen (secondary N) is 1. The molecule has 2 rings (SSSR count). The number of carbonyl (C=O) groups is 2. The van der Waals surface area contributed by atoms with Gasteiger partial charge in [-0.25, -0.2) is 4.39 Å². The van der Waals surface area contributed by atoms with Gasteiger partial charge in [0.1, 0.15) is 11.9 Å². The van der Waals surface area contributed by atoms with Crippen LogP contribution in [0.3, 0.4) is 0 Å². The molecule has 1 aliphatic heterocycles. The zero-order chi connectivity index (χ0) is 16.1. The summed E-state index contributed by atoms with van der Waals surface area (Å²) in [5, 5.41) is 2.80. The van der Waals surface area contributed by atoms with E-state index in [0.29, 0.717) is 18.7 Å². The molecule has 0 aromatic heterocycles. The minimum absolute atomic E-state index is 0.130. The fraction of sp³-hybridized carbons (Fsp3) is 0.500. The Morgan fingerprint density at radius 3 is 2.73 bits per heavy atom. The summed E-state index contributed by atoms with van der Waals surface area (Å²) in [6, 6.07) is 5.10. The van der Waals surface area contributed by atoms with E-state index in [0.717, 1.165) is 6.54 Å². The Labute approximate surface area is 129 Å². The number of morpholine rings is 1. The highest BCUT2D eigenvalue weighted by Gasteiger charge is 2.26. The number of Topliss-reactive ketones (excluding diaryl/α,β-unsaturated/α-hetero) is 1. The summed E-state index contributed by atoms with van der Waals surface area (Å²) < 4.78 is 18.3. The van der Waals surface area contributed by atoms with E-state index in [2.05, 4.69) is 5.32 Å². The Morgan fingerprint density at radius 2 is 2.09 bits per heavy atom. The van der Waals surface area contributed by atoms with E-state index in [1.807, 2.05) is 11.9 Å². The largest absolute Gasteiger partial charge is 0.366 e. The van der Waals surface area contributed by atoms with Crippen molar-refractivity contribution in [1.29, 1.82) is 0 Å². The quantitative estimate of drug-likeness (QED) is 0.831. The van der Waals surface area contributed by atoms with Gasteiger partial charge in [-0.05, 0) is 38.2 Å². The van der Waals surface area contributed by atoms with Crippen molar-refractivity contribution in [2.75, 3.05) is 26.7 Å². The van der Waals surface area contributed by atoms with E-state index >= 15 is 0 Å². The second kappa shape index (κ2) is 7.47. The van der Waals surface area contributed by atoms with Crippen molar-refractivity contribution < 1.29 is 18.7 Å². The van der Waals surface area contributed by atoms with Gasteiger partial charge in [-0.1, -0.05) is 0 Å². The van der Waals surface area contributed by atoms with Gasteiger partial charge < -0.3 is 15.0 Å². The minimum Gasteiger partial charge on any atom is -0.366 e. The molecule has 0 saturated carbocycles. The third-order valence-corrected chi connectivity index (χ3v) is 3.61. The van der Waals surface area contributed by atoms with E-state index in [9.17, 15) is 14.0 Å². The van der Waals surface area contributed by atoms with Crippen LogP contribution >= 0.6 is 0 Å². The lowest BCUT2D eigenvalue weighted by atomic mass is 10.0. The van der Waals surface area contributed by atoms with Crippen molar-refractivity contribution in [3.8, 4) is 0 Å². The Hall–Kier alpha value is -1.79. The van der Waals surface area contributed by atoms with Crippen LogP contribution in [0.5, 0.6) is 0 Å². The molecule has 0 radical (unpaired) electrons. The lowest BCUT2D eigenvalue weighted by molar-refractivity contribution is -0.138. The SMILES string of the molecule is CC(CC(=O)c1ccc(F)cc1)NC(=O)C1CN(C)CCO1. The van der Waals surface area contributed by atoms with Crippen LogP contribution in [0.15, 0.2) is 24.3 Å². The number of halogens is 1. The molecule has 1 N–H and O–H groups in total. The predicted octanol–water partition coefficient (Wildman–Crippen LogP) is 1.23. The van der Waals surface area contributed by atoms with Crippen LogP contribution in [-0.4, -0.2) is 55.5 Å². The highest BCUT2D eigenvalue weighted by Crippen LogP contribution is 2.09. The maximum Gasteiger partial charge on any atom is 0.250 e. The molecule has 120 valence electrons. The van der Waals surface area contributed by atoms with E-state index < -0.39 is 6.10 Å². The average Bonchev–Trinajstić information content (AvgIpc) is 2.47. The molecular formula is C16H21FN2O3. The first-order valence-electron chi connectivity index (χ1n) is 7.35. The van der Waals surface area contributed by atoms with Crippen LogP contribution in [0.4, 0.5) is 4.39 Å². The molecule has 1 amide bonds. The van der Waals surface area contributed by atoms with E-state index in [1.54, 1.807) is 6.92 Å². The number of ether oxygens (including phenoxy) is 1. The van der Waals surface area contributed by atoms with Crippen molar-refractivity contribution in [2.45, 2.75) is 25.5 Å². The molecule has 1 aliphatic rings. The molecule has 1 fully saturated rings. The van der Waals surface area contributed by atoms with Crippen LogP contribution < -0.4 is 5.32 Å². The number of amides is 1. The first-order valence-corrected chi connectivity index (χ1v) is 7.35. The third kappa shape index (κ3) is 4.61. The number of nitrogens with zero attached hydrogens (tertiary/aromatic N) is 1. The summed E-state index contributed by atoms with van der Waals surface area (Å²) >= 11 is 0. The third-order valence-electron chi connectivity index (χ3n) is 3.61. The lowest BCUT2D eigenvalue weighted by Gasteiger charge is -2.29. The zero-order valence-corrected chi connectivity index (χ0v) is 12.8. The number of carbonyl (C=O) groups excluding carboxylic acids is 2. The van der Waals surface area contributed by atoms with Gasteiger partial charge >= 0.3 is 0 Å². The maximum absolute atomic E-state index is 12.8. The molecular weight excluding hydrogens is 287 g/mol. The monoisotopic (exact) mass is 308 g/mol. The Balaban J connectivity index is 1.84. The molecule has 0 spiro atoms. The maximum atomic E-state index is 12.8. The smallest absolute Gasteiger partial charge is 0.250 e. The molecule has 2 unspecified atom stereocenters. The number of ketones is 1. The van der Waals surface area contributed by atoms with Gasteiger partial charge in [-0.3, -0.25) is 9.59 Å². The van der Waals surface area contributed by atoms with Gasteiger partial charge in [0.25, 0.3) is 5.91 Å². The molecule has 1 aromatic carbocycles. The summed E-state index contributed by atoms with van der Waals surface area (Å²) in [4.78, 5) is 26.2. The first-order chi connectivity index (χ1) is 10.5. The number of likely N-dealkylation sites (N-methyl/N-ethyl adjacent to an activating group) is 1. The van der Waals surface area contributed by atoms with E-state index in [-0.39, 0.29) is 30.0 Å². The second-order valence-corrected chi connectivity index (χ2v) is 5.67. The summed E-state index contributed by atoms with van der Waals surface area (Å²) in [7, 11) is 1.93. The first kappa shape index (κ1) is 16.6. The molecule has 0 bridgehead atoms. The van der Waals surface area contributed by atoms with Crippen molar-refractivity contribution >= 4 is 11.7 Å². The molecule has 22 heavy (non-hydrogen) atoms. The average molecular weight is 308 g/mol. The molecule has 0 aliphatic carbocycles. The number of hydrogen-bond acceptors (Lipinski definition) is 4. The zero-order valence-electron chi connectivity index (χ0n) is 12.8. The molecule has 6 heteroatoms.